The van der Waals surface area contributed by atoms with E-state index in [0.29, 0.717) is 0 Å². The van der Waals surface area contributed by atoms with Crippen LogP contribution in [-0.2, 0) is 0 Å². The normalized spacial score (nSPS) is 22.9. The van der Waals surface area contributed by atoms with Gasteiger partial charge < -0.3 is 14.9 Å². The van der Waals surface area contributed by atoms with Gasteiger partial charge in [0.1, 0.15) is 6.17 Å². The smallest absolute Gasteiger partial charge is 0.161 e. The van der Waals surface area contributed by atoms with Crippen LogP contribution in [0.3, 0.4) is 0 Å². The standard InChI is InChI=1S/C25H25BrN4O2/c1-31-21-12-11-17(14-22(21)32-2)20-15-19(18-10-6-7-13-27-18)28-25-23(26)24(29-30(20)25)16-8-4-3-5-9-16/h3-14,19-20,25,28-29H,15H2,1-2H3. The third-order valence-electron chi connectivity index (χ3n) is 6.05. The maximum absolute atomic E-state index is 5.59. The van der Waals surface area contributed by atoms with E-state index in [0.717, 1.165) is 44.9 Å². The molecule has 0 spiro atoms. The van der Waals surface area contributed by atoms with Crippen molar-refractivity contribution in [3.05, 3.63) is 94.2 Å². The van der Waals surface area contributed by atoms with Crippen LogP contribution in [0.5, 0.6) is 11.5 Å². The van der Waals surface area contributed by atoms with Crippen molar-refractivity contribution in [1.82, 2.24) is 20.7 Å². The summed E-state index contributed by atoms with van der Waals surface area (Å²) in [5.41, 5.74) is 8.04. The van der Waals surface area contributed by atoms with Crippen LogP contribution in [0.4, 0.5) is 0 Å². The van der Waals surface area contributed by atoms with E-state index in [1.54, 1.807) is 14.2 Å². The summed E-state index contributed by atoms with van der Waals surface area (Å²) in [6.07, 6.45) is 2.66. The second kappa shape index (κ2) is 8.94. The van der Waals surface area contributed by atoms with Crippen molar-refractivity contribution in [2.45, 2.75) is 24.7 Å². The van der Waals surface area contributed by atoms with Gasteiger partial charge in [-0.3, -0.25) is 10.3 Å². The summed E-state index contributed by atoms with van der Waals surface area (Å²) in [7, 11) is 3.33. The number of fused-ring (bicyclic) bond motifs is 1. The molecule has 2 aromatic carbocycles. The highest BCUT2D eigenvalue weighted by Gasteiger charge is 2.43. The highest BCUT2D eigenvalue weighted by atomic mass is 79.9. The second-order valence-electron chi connectivity index (χ2n) is 7.85. The molecule has 1 saturated heterocycles. The third kappa shape index (κ3) is 3.77. The maximum atomic E-state index is 5.59. The Bertz CT molecular complexity index is 1120. The van der Waals surface area contributed by atoms with E-state index >= 15 is 0 Å². The minimum atomic E-state index is -0.0379. The Morgan fingerprint density at radius 1 is 0.969 bits per heavy atom. The fourth-order valence-corrected chi connectivity index (χ4v) is 5.14. The van der Waals surface area contributed by atoms with Crippen LogP contribution in [-0.4, -0.2) is 30.4 Å². The quantitative estimate of drug-likeness (QED) is 0.534. The topological polar surface area (TPSA) is 58.7 Å². The molecule has 1 fully saturated rings. The van der Waals surface area contributed by atoms with Crippen LogP contribution in [0.15, 0.2) is 77.4 Å². The lowest BCUT2D eigenvalue weighted by Crippen LogP contribution is -2.55. The van der Waals surface area contributed by atoms with Crippen LogP contribution in [0, 0.1) is 0 Å². The molecule has 164 valence electrons. The zero-order chi connectivity index (χ0) is 22.1. The number of ether oxygens (including phenoxy) is 2. The van der Waals surface area contributed by atoms with Crippen LogP contribution in [0.1, 0.15) is 35.3 Å². The van der Waals surface area contributed by atoms with Crippen molar-refractivity contribution in [3.63, 3.8) is 0 Å². The molecule has 2 N–H and O–H groups in total. The van der Waals surface area contributed by atoms with E-state index in [1.807, 2.05) is 30.5 Å². The molecule has 0 amide bonds. The van der Waals surface area contributed by atoms with Crippen molar-refractivity contribution in [2.24, 2.45) is 0 Å². The third-order valence-corrected chi connectivity index (χ3v) is 6.88. The predicted octanol–water partition coefficient (Wildman–Crippen LogP) is 4.78. The zero-order valence-electron chi connectivity index (χ0n) is 18.0. The lowest BCUT2D eigenvalue weighted by Gasteiger charge is -2.42. The fraction of sp³-hybridized carbons (Fsp3) is 0.240. The molecule has 3 atom stereocenters. The summed E-state index contributed by atoms with van der Waals surface area (Å²) in [5.74, 6) is 1.45. The molecule has 1 aromatic heterocycles. The molecule has 5 rings (SSSR count). The van der Waals surface area contributed by atoms with Gasteiger partial charge >= 0.3 is 0 Å². The molecule has 3 heterocycles. The van der Waals surface area contributed by atoms with Gasteiger partial charge in [0.25, 0.3) is 0 Å². The van der Waals surface area contributed by atoms with E-state index in [9.17, 15) is 0 Å². The molecule has 3 aromatic rings. The van der Waals surface area contributed by atoms with Crippen LogP contribution in [0.2, 0.25) is 0 Å². The van der Waals surface area contributed by atoms with Crippen molar-refractivity contribution >= 4 is 21.6 Å². The first-order valence-electron chi connectivity index (χ1n) is 10.6. The highest BCUT2D eigenvalue weighted by molar-refractivity contribution is 9.11. The first-order valence-corrected chi connectivity index (χ1v) is 11.4. The number of benzene rings is 2. The van der Waals surface area contributed by atoms with Gasteiger partial charge in [-0.25, -0.2) is 0 Å². The molecule has 0 aliphatic carbocycles. The van der Waals surface area contributed by atoms with Crippen molar-refractivity contribution < 1.29 is 9.47 Å². The maximum Gasteiger partial charge on any atom is 0.161 e. The SMILES string of the molecule is COc1ccc(C2CC(c3ccccn3)NC3C(Br)=C(c4ccccc4)NN32)cc1OC. The Morgan fingerprint density at radius 3 is 2.47 bits per heavy atom. The average Bonchev–Trinajstić information content (AvgIpc) is 3.20. The van der Waals surface area contributed by atoms with E-state index in [2.05, 4.69) is 79.1 Å². The Labute approximate surface area is 196 Å². The molecule has 3 unspecified atom stereocenters. The lowest BCUT2D eigenvalue weighted by atomic mass is 9.93. The molecule has 2 aliphatic rings. The number of hydrogen-bond donors (Lipinski definition) is 2. The number of nitrogens with zero attached hydrogens (tertiary/aromatic N) is 2. The van der Waals surface area contributed by atoms with Gasteiger partial charge in [0.15, 0.2) is 11.5 Å². The van der Waals surface area contributed by atoms with Crippen molar-refractivity contribution in [1.29, 1.82) is 0 Å². The second-order valence-corrected chi connectivity index (χ2v) is 8.70. The van der Waals surface area contributed by atoms with Gasteiger partial charge in [-0.05, 0) is 41.8 Å². The lowest BCUT2D eigenvalue weighted by molar-refractivity contribution is 0.0505. The molecular weight excluding hydrogens is 468 g/mol. The van der Waals surface area contributed by atoms with E-state index in [-0.39, 0.29) is 18.2 Å². The van der Waals surface area contributed by atoms with E-state index in [4.69, 9.17) is 9.47 Å². The number of halogens is 1. The van der Waals surface area contributed by atoms with Gasteiger partial charge in [-0.15, -0.1) is 0 Å². The predicted molar refractivity (Wildman–Crippen MR) is 128 cm³/mol. The summed E-state index contributed by atoms with van der Waals surface area (Å²) >= 11 is 3.88. The first-order chi connectivity index (χ1) is 15.7. The van der Waals surface area contributed by atoms with Crippen molar-refractivity contribution in [3.8, 4) is 11.5 Å². The van der Waals surface area contributed by atoms with Gasteiger partial charge in [0.2, 0.25) is 0 Å². The Hall–Kier alpha value is -2.87. The number of hydrogen-bond acceptors (Lipinski definition) is 6. The van der Waals surface area contributed by atoms with E-state index in [1.165, 1.54) is 0 Å². The Kier molecular flexibility index (Phi) is 5.87. The Balaban J connectivity index is 1.56. The monoisotopic (exact) mass is 492 g/mol. The molecule has 6 nitrogen and oxygen atoms in total. The van der Waals surface area contributed by atoms with Gasteiger partial charge in [-0.1, -0.05) is 58.4 Å². The number of pyridine rings is 1. The highest BCUT2D eigenvalue weighted by Crippen LogP contribution is 2.44. The Morgan fingerprint density at radius 2 is 1.75 bits per heavy atom. The number of aromatic nitrogens is 1. The van der Waals surface area contributed by atoms with Crippen LogP contribution in [0.25, 0.3) is 5.70 Å². The minimum Gasteiger partial charge on any atom is -0.493 e. The summed E-state index contributed by atoms with van der Waals surface area (Å²) < 4.78 is 12.1. The van der Waals surface area contributed by atoms with Gasteiger partial charge in [-0.2, -0.15) is 5.01 Å². The molecule has 7 heteroatoms. The molecule has 0 bridgehead atoms. The molecule has 2 aliphatic heterocycles. The first kappa shape index (κ1) is 21.0. The largest absolute Gasteiger partial charge is 0.493 e. The van der Waals surface area contributed by atoms with Gasteiger partial charge in [0.05, 0.1) is 42.2 Å². The summed E-state index contributed by atoms with van der Waals surface area (Å²) in [6, 6.07) is 22.8. The summed E-state index contributed by atoms with van der Waals surface area (Å²) in [6.45, 7) is 0. The molecule has 0 radical (unpaired) electrons. The zero-order valence-corrected chi connectivity index (χ0v) is 19.5. The van der Waals surface area contributed by atoms with Gasteiger partial charge in [0, 0.05) is 6.20 Å². The fourth-order valence-electron chi connectivity index (χ4n) is 4.46. The molecule has 0 saturated carbocycles. The van der Waals surface area contributed by atoms with Crippen molar-refractivity contribution in [2.75, 3.05) is 14.2 Å². The molecule has 32 heavy (non-hydrogen) atoms. The van der Waals surface area contributed by atoms with E-state index < -0.39 is 0 Å². The van der Waals surface area contributed by atoms with Crippen LogP contribution >= 0.6 is 15.9 Å². The van der Waals surface area contributed by atoms with Crippen LogP contribution < -0.4 is 20.2 Å². The molecular formula is C25H25BrN4O2. The average molecular weight is 493 g/mol. The number of hydrazine groups is 1. The summed E-state index contributed by atoms with van der Waals surface area (Å²) in [5, 5.41) is 6.04. The number of nitrogens with one attached hydrogen (secondary N) is 2. The number of methoxy groups -OCH3 is 2. The minimum absolute atomic E-state index is 0.0379. The summed E-state index contributed by atoms with van der Waals surface area (Å²) in [4.78, 5) is 4.63. The number of rotatable bonds is 5.